The molecule has 0 radical (unpaired) electrons. The minimum Gasteiger partial charge on any atom is -0.318 e. The third kappa shape index (κ3) is 3.03. The quantitative estimate of drug-likeness (QED) is 0.813. The Labute approximate surface area is 107 Å². The van der Waals surface area contributed by atoms with Gasteiger partial charge in [-0.05, 0) is 51.1 Å². The molecule has 3 unspecified atom stereocenters. The van der Waals surface area contributed by atoms with E-state index in [0.29, 0.717) is 0 Å². The van der Waals surface area contributed by atoms with Gasteiger partial charge in [-0.15, -0.1) is 0 Å². The Morgan fingerprint density at radius 3 is 2.35 bits per heavy atom. The average molecular weight is 238 g/mol. The summed E-state index contributed by atoms with van der Waals surface area (Å²) in [5.74, 6) is 1.80. The largest absolute Gasteiger partial charge is 0.318 e. The van der Waals surface area contributed by atoms with Gasteiger partial charge in [0.2, 0.25) is 0 Å². The Hall–Kier alpha value is -0.0800. The second kappa shape index (κ2) is 6.19. The van der Waals surface area contributed by atoms with E-state index in [2.05, 4.69) is 31.1 Å². The van der Waals surface area contributed by atoms with Crippen LogP contribution in [-0.2, 0) is 0 Å². The van der Waals surface area contributed by atoms with Crippen LogP contribution < -0.4 is 5.32 Å². The van der Waals surface area contributed by atoms with Crippen LogP contribution in [0, 0.1) is 11.8 Å². The maximum Gasteiger partial charge on any atom is 0.0223 e. The van der Waals surface area contributed by atoms with Crippen molar-refractivity contribution < 1.29 is 0 Å². The molecule has 1 saturated heterocycles. The van der Waals surface area contributed by atoms with E-state index in [4.69, 9.17) is 0 Å². The van der Waals surface area contributed by atoms with Crippen LogP contribution in [0.2, 0.25) is 0 Å². The molecule has 1 aliphatic carbocycles. The van der Waals surface area contributed by atoms with Crippen LogP contribution in [0.1, 0.15) is 52.4 Å². The number of nitrogens with one attached hydrogen (secondary N) is 1. The lowest BCUT2D eigenvalue weighted by atomic mass is 9.76. The number of hydrogen-bond acceptors (Lipinski definition) is 2. The zero-order valence-corrected chi connectivity index (χ0v) is 11.9. The van der Waals surface area contributed by atoms with E-state index in [-0.39, 0.29) is 0 Å². The summed E-state index contributed by atoms with van der Waals surface area (Å²) in [5.41, 5.74) is 0. The van der Waals surface area contributed by atoms with Crippen LogP contribution in [-0.4, -0.2) is 37.1 Å². The number of nitrogens with zero attached hydrogens (tertiary/aromatic N) is 1. The van der Waals surface area contributed by atoms with Crippen molar-refractivity contribution in [3.8, 4) is 0 Å². The molecule has 2 nitrogen and oxygen atoms in total. The topological polar surface area (TPSA) is 15.3 Å². The Morgan fingerprint density at radius 2 is 1.71 bits per heavy atom. The molecule has 2 aliphatic rings. The second-order valence-corrected chi connectivity index (χ2v) is 6.32. The van der Waals surface area contributed by atoms with Gasteiger partial charge in [0.15, 0.2) is 0 Å². The van der Waals surface area contributed by atoms with Crippen LogP contribution >= 0.6 is 0 Å². The summed E-state index contributed by atoms with van der Waals surface area (Å²) in [4.78, 5) is 2.86. The standard InChI is InChI=1S/C15H30N2/c1-12-7-6-8-13(2)15(12)17-10-5-4-9-14(17)11-16-3/h12-16H,4-11H2,1-3H3. The molecule has 1 N–H and O–H groups in total. The molecule has 0 bridgehead atoms. The van der Waals surface area contributed by atoms with Crippen LogP contribution in [0.3, 0.4) is 0 Å². The van der Waals surface area contributed by atoms with Crippen molar-refractivity contribution in [1.82, 2.24) is 10.2 Å². The first-order valence-electron chi connectivity index (χ1n) is 7.64. The summed E-state index contributed by atoms with van der Waals surface area (Å²) in [6.45, 7) is 7.47. The molecule has 0 aromatic rings. The summed E-state index contributed by atoms with van der Waals surface area (Å²) in [6, 6.07) is 1.64. The maximum atomic E-state index is 3.39. The van der Waals surface area contributed by atoms with Gasteiger partial charge in [-0.1, -0.05) is 26.7 Å². The monoisotopic (exact) mass is 238 g/mol. The first-order chi connectivity index (χ1) is 8.24. The van der Waals surface area contributed by atoms with Crippen molar-refractivity contribution in [2.75, 3.05) is 20.1 Å². The SMILES string of the molecule is CNCC1CCCCN1C1C(C)CCCC1C. The first-order valence-corrected chi connectivity index (χ1v) is 7.64. The second-order valence-electron chi connectivity index (χ2n) is 6.32. The molecular weight excluding hydrogens is 208 g/mol. The normalized spacial score (nSPS) is 40.4. The Bertz CT molecular complexity index is 217. The lowest BCUT2D eigenvalue weighted by Crippen LogP contribution is -2.55. The predicted molar refractivity (Wildman–Crippen MR) is 74.2 cm³/mol. The van der Waals surface area contributed by atoms with Gasteiger partial charge in [-0.25, -0.2) is 0 Å². The number of likely N-dealkylation sites (tertiary alicyclic amines) is 1. The number of hydrogen-bond donors (Lipinski definition) is 1. The van der Waals surface area contributed by atoms with Crippen molar-refractivity contribution in [3.05, 3.63) is 0 Å². The Kier molecular flexibility index (Phi) is 4.87. The number of likely N-dealkylation sites (N-methyl/N-ethyl adjacent to an activating group) is 1. The van der Waals surface area contributed by atoms with Gasteiger partial charge < -0.3 is 5.32 Å². The van der Waals surface area contributed by atoms with E-state index in [1.165, 1.54) is 51.6 Å². The fourth-order valence-corrected chi connectivity index (χ4v) is 4.19. The predicted octanol–water partition coefficient (Wildman–Crippen LogP) is 2.89. The molecular formula is C15H30N2. The zero-order chi connectivity index (χ0) is 12.3. The summed E-state index contributed by atoms with van der Waals surface area (Å²) < 4.78 is 0. The van der Waals surface area contributed by atoms with Gasteiger partial charge in [0, 0.05) is 18.6 Å². The molecule has 2 rings (SSSR count). The van der Waals surface area contributed by atoms with Gasteiger partial charge in [-0.2, -0.15) is 0 Å². The molecule has 2 fully saturated rings. The molecule has 1 heterocycles. The zero-order valence-electron chi connectivity index (χ0n) is 11.9. The molecule has 100 valence electrons. The third-order valence-corrected chi connectivity index (χ3v) is 4.98. The lowest BCUT2D eigenvalue weighted by molar-refractivity contribution is 0.0148. The van der Waals surface area contributed by atoms with Gasteiger partial charge in [0.05, 0.1) is 0 Å². The van der Waals surface area contributed by atoms with Crippen LogP contribution in [0.5, 0.6) is 0 Å². The van der Waals surface area contributed by atoms with Crippen LogP contribution in [0.4, 0.5) is 0 Å². The molecule has 0 aromatic carbocycles. The highest BCUT2D eigenvalue weighted by molar-refractivity contribution is 4.91. The first kappa shape index (κ1) is 13.4. The molecule has 0 aromatic heterocycles. The summed E-state index contributed by atoms with van der Waals surface area (Å²) in [6.07, 6.45) is 8.57. The summed E-state index contributed by atoms with van der Waals surface area (Å²) in [7, 11) is 2.10. The molecule has 1 saturated carbocycles. The molecule has 17 heavy (non-hydrogen) atoms. The molecule has 0 spiro atoms. The molecule has 2 heteroatoms. The highest BCUT2D eigenvalue weighted by Crippen LogP contribution is 2.35. The van der Waals surface area contributed by atoms with Crippen LogP contribution in [0.15, 0.2) is 0 Å². The van der Waals surface area contributed by atoms with E-state index in [1.54, 1.807) is 0 Å². The minimum atomic E-state index is 0.793. The minimum absolute atomic E-state index is 0.793. The average Bonchev–Trinajstić information content (AvgIpc) is 2.31. The molecule has 0 amide bonds. The van der Waals surface area contributed by atoms with E-state index in [9.17, 15) is 0 Å². The van der Waals surface area contributed by atoms with E-state index in [0.717, 1.165) is 23.9 Å². The number of piperidine rings is 1. The Morgan fingerprint density at radius 1 is 1.00 bits per heavy atom. The van der Waals surface area contributed by atoms with Gasteiger partial charge in [0.25, 0.3) is 0 Å². The van der Waals surface area contributed by atoms with E-state index < -0.39 is 0 Å². The maximum absolute atomic E-state index is 3.39. The van der Waals surface area contributed by atoms with Crippen molar-refractivity contribution >= 4 is 0 Å². The van der Waals surface area contributed by atoms with Gasteiger partial charge in [0.1, 0.15) is 0 Å². The lowest BCUT2D eigenvalue weighted by Gasteiger charge is -2.48. The number of rotatable bonds is 3. The van der Waals surface area contributed by atoms with Crippen molar-refractivity contribution in [1.29, 1.82) is 0 Å². The van der Waals surface area contributed by atoms with Crippen LogP contribution in [0.25, 0.3) is 0 Å². The smallest absolute Gasteiger partial charge is 0.0223 e. The molecule has 1 aliphatic heterocycles. The van der Waals surface area contributed by atoms with E-state index in [1.807, 2.05) is 0 Å². The highest BCUT2D eigenvalue weighted by Gasteiger charge is 2.36. The van der Waals surface area contributed by atoms with E-state index >= 15 is 0 Å². The third-order valence-electron chi connectivity index (χ3n) is 4.98. The summed E-state index contributed by atoms with van der Waals surface area (Å²) >= 11 is 0. The van der Waals surface area contributed by atoms with Crippen molar-refractivity contribution in [3.63, 3.8) is 0 Å². The highest BCUT2D eigenvalue weighted by atomic mass is 15.2. The summed E-state index contributed by atoms with van der Waals surface area (Å²) in [5, 5.41) is 3.39. The fraction of sp³-hybridized carbons (Fsp3) is 1.00. The van der Waals surface area contributed by atoms with Crippen molar-refractivity contribution in [2.45, 2.75) is 64.5 Å². The fourth-order valence-electron chi connectivity index (χ4n) is 4.19. The molecule has 3 atom stereocenters. The van der Waals surface area contributed by atoms with Gasteiger partial charge >= 0.3 is 0 Å². The Balaban J connectivity index is 2.05. The van der Waals surface area contributed by atoms with Crippen molar-refractivity contribution in [2.24, 2.45) is 11.8 Å². The van der Waals surface area contributed by atoms with Gasteiger partial charge in [-0.3, -0.25) is 4.90 Å².